The first-order chi connectivity index (χ1) is 9.72. The summed E-state index contributed by atoms with van der Waals surface area (Å²) < 4.78 is 10.1. The summed E-state index contributed by atoms with van der Waals surface area (Å²) in [5.74, 6) is 0.0825. The van der Waals surface area contributed by atoms with E-state index in [-0.39, 0.29) is 11.9 Å². The summed E-state index contributed by atoms with van der Waals surface area (Å²) in [6, 6.07) is 3.41. The molecule has 0 aliphatic carbocycles. The van der Waals surface area contributed by atoms with E-state index in [2.05, 4.69) is 20.3 Å². The van der Waals surface area contributed by atoms with Gasteiger partial charge in [-0.05, 0) is 13.0 Å². The van der Waals surface area contributed by atoms with E-state index in [1.807, 2.05) is 6.92 Å². The van der Waals surface area contributed by atoms with Crippen LogP contribution in [0.4, 0.5) is 5.69 Å². The van der Waals surface area contributed by atoms with Crippen LogP contribution in [0.3, 0.4) is 0 Å². The maximum Gasteiger partial charge on any atom is 0.316 e. The highest BCUT2D eigenvalue weighted by Crippen LogP contribution is 2.12. The average molecular weight is 274 g/mol. The molecule has 0 spiro atoms. The van der Waals surface area contributed by atoms with Crippen LogP contribution >= 0.6 is 0 Å². The third-order valence-corrected chi connectivity index (χ3v) is 2.37. The van der Waals surface area contributed by atoms with Crippen LogP contribution in [0.15, 0.2) is 30.7 Å². The Kier molecular flexibility index (Phi) is 4.43. The molecule has 7 nitrogen and oxygen atoms in total. The van der Waals surface area contributed by atoms with Crippen molar-refractivity contribution in [3.8, 4) is 11.9 Å². The summed E-state index contributed by atoms with van der Waals surface area (Å²) in [6.45, 7) is 2.33. The van der Waals surface area contributed by atoms with Crippen molar-refractivity contribution < 1.29 is 14.3 Å². The zero-order chi connectivity index (χ0) is 14.4. The van der Waals surface area contributed by atoms with Crippen LogP contribution in [-0.4, -0.2) is 34.6 Å². The van der Waals surface area contributed by atoms with E-state index in [1.54, 1.807) is 12.1 Å². The number of carbonyl (C=O) groups is 1. The number of hydrogen-bond acceptors (Lipinski definition) is 6. The van der Waals surface area contributed by atoms with E-state index in [1.165, 1.54) is 25.7 Å². The standard InChI is InChI=1S/C13H14N4O3/c1-3-20-13-15-7-10(8-16-13)17-12(18)9-4-5-14-11(6-9)19-2/h4-8H,3H2,1-2H3,(H,17,18). The SMILES string of the molecule is CCOc1ncc(NC(=O)c2ccnc(OC)c2)cn1. The second-order valence-electron chi connectivity index (χ2n) is 3.73. The third kappa shape index (κ3) is 3.41. The van der Waals surface area contributed by atoms with Crippen molar-refractivity contribution in [3.63, 3.8) is 0 Å². The summed E-state index contributed by atoms with van der Waals surface area (Å²) in [6.07, 6.45) is 4.46. The number of nitrogens with one attached hydrogen (secondary N) is 1. The Hall–Kier alpha value is -2.70. The molecule has 2 aromatic heterocycles. The number of pyridine rings is 1. The Bertz CT molecular complexity index is 586. The van der Waals surface area contributed by atoms with E-state index < -0.39 is 0 Å². The molecule has 0 aliphatic heterocycles. The van der Waals surface area contributed by atoms with Gasteiger partial charge in [0, 0.05) is 17.8 Å². The molecule has 2 rings (SSSR count). The van der Waals surface area contributed by atoms with Crippen molar-refractivity contribution in [2.24, 2.45) is 0 Å². The Balaban J connectivity index is 2.06. The highest BCUT2D eigenvalue weighted by molar-refractivity contribution is 6.04. The topological polar surface area (TPSA) is 86.2 Å². The molecule has 0 saturated heterocycles. The molecule has 0 saturated carbocycles. The second-order valence-corrected chi connectivity index (χ2v) is 3.73. The van der Waals surface area contributed by atoms with E-state index >= 15 is 0 Å². The average Bonchev–Trinajstić information content (AvgIpc) is 2.49. The minimum atomic E-state index is -0.293. The van der Waals surface area contributed by atoms with Crippen LogP contribution in [0.1, 0.15) is 17.3 Å². The Morgan fingerprint density at radius 3 is 2.70 bits per heavy atom. The van der Waals surface area contributed by atoms with Gasteiger partial charge in [-0.3, -0.25) is 4.79 Å². The van der Waals surface area contributed by atoms with Gasteiger partial charge in [0.05, 0.1) is 31.8 Å². The molecule has 2 heterocycles. The molecule has 0 aliphatic rings. The van der Waals surface area contributed by atoms with Gasteiger partial charge in [-0.25, -0.2) is 15.0 Å². The molecule has 2 aromatic rings. The fraction of sp³-hybridized carbons (Fsp3) is 0.231. The number of ether oxygens (including phenoxy) is 2. The first-order valence-electron chi connectivity index (χ1n) is 5.99. The number of carbonyl (C=O) groups excluding carboxylic acids is 1. The predicted molar refractivity (Wildman–Crippen MR) is 71.9 cm³/mol. The fourth-order valence-electron chi connectivity index (χ4n) is 1.45. The number of anilines is 1. The number of methoxy groups -OCH3 is 1. The molecule has 0 fully saturated rings. The van der Waals surface area contributed by atoms with E-state index in [0.29, 0.717) is 23.7 Å². The van der Waals surface area contributed by atoms with Crippen molar-refractivity contribution in [2.45, 2.75) is 6.92 Å². The van der Waals surface area contributed by atoms with E-state index in [4.69, 9.17) is 9.47 Å². The van der Waals surface area contributed by atoms with Crippen molar-refractivity contribution in [1.29, 1.82) is 0 Å². The highest BCUT2D eigenvalue weighted by atomic mass is 16.5. The lowest BCUT2D eigenvalue weighted by Crippen LogP contribution is -2.12. The van der Waals surface area contributed by atoms with E-state index in [0.717, 1.165) is 0 Å². The van der Waals surface area contributed by atoms with Crippen molar-refractivity contribution in [3.05, 3.63) is 36.3 Å². The van der Waals surface area contributed by atoms with Gasteiger partial charge in [0.1, 0.15) is 0 Å². The Labute approximate surface area is 116 Å². The van der Waals surface area contributed by atoms with Crippen LogP contribution < -0.4 is 14.8 Å². The number of rotatable bonds is 5. The van der Waals surface area contributed by atoms with Crippen LogP contribution in [0, 0.1) is 0 Å². The zero-order valence-electron chi connectivity index (χ0n) is 11.2. The van der Waals surface area contributed by atoms with Gasteiger partial charge >= 0.3 is 6.01 Å². The lowest BCUT2D eigenvalue weighted by molar-refractivity contribution is 0.102. The lowest BCUT2D eigenvalue weighted by atomic mass is 10.2. The van der Waals surface area contributed by atoms with Gasteiger partial charge in [-0.1, -0.05) is 0 Å². The summed E-state index contributed by atoms with van der Waals surface area (Å²) in [7, 11) is 1.49. The Morgan fingerprint density at radius 1 is 1.30 bits per heavy atom. The normalized spacial score (nSPS) is 9.90. The van der Waals surface area contributed by atoms with Crippen LogP contribution in [0.25, 0.3) is 0 Å². The van der Waals surface area contributed by atoms with Gasteiger partial charge < -0.3 is 14.8 Å². The molecular formula is C13H14N4O3. The van der Waals surface area contributed by atoms with Gasteiger partial charge in [0.15, 0.2) is 0 Å². The smallest absolute Gasteiger partial charge is 0.316 e. The molecule has 0 radical (unpaired) electrons. The lowest BCUT2D eigenvalue weighted by Gasteiger charge is -2.06. The van der Waals surface area contributed by atoms with Gasteiger partial charge in [-0.2, -0.15) is 0 Å². The monoisotopic (exact) mass is 274 g/mol. The molecule has 104 valence electrons. The Morgan fingerprint density at radius 2 is 2.05 bits per heavy atom. The minimum Gasteiger partial charge on any atom is -0.481 e. The molecule has 0 unspecified atom stereocenters. The van der Waals surface area contributed by atoms with Crippen molar-refractivity contribution >= 4 is 11.6 Å². The second kappa shape index (κ2) is 6.46. The summed E-state index contributed by atoms with van der Waals surface area (Å²) in [5.41, 5.74) is 0.917. The number of amides is 1. The molecule has 20 heavy (non-hydrogen) atoms. The molecular weight excluding hydrogens is 260 g/mol. The minimum absolute atomic E-state index is 0.274. The maximum atomic E-state index is 12.0. The fourth-order valence-corrected chi connectivity index (χ4v) is 1.45. The van der Waals surface area contributed by atoms with Crippen LogP contribution in [0.2, 0.25) is 0 Å². The molecule has 1 amide bonds. The number of hydrogen-bond donors (Lipinski definition) is 1. The van der Waals surface area contributed by atoms with Crippen molar-refractivity contribution in [1.82, 2.24) is 15.0 Å². The molecule has 0 aromatic carbocycles. The molecule has 0 atom stereocenters. The highest BCUT2D eigenvalue weighted by Gasteiger charge is 2.08. The zero-order valence-corrected chi connectivity index (χ0v) is 11.2. The quantitative estimate of drug-likeness (QED) is 0.889. The molecule has 7 heteroatoms. The van der Waals surface area contributed by atoms with Crippen LogP contribution in [0.5, 0.6) is 11.9 Å². The first-order valence-corrected chi connectivity index (χ1v) is 5.99. The van der Waals surface area contributed by atoms with E-state index in [9.17, 15) is 4.79 Å². The maximum absolute atomic E-state index is 12.0. The van der Waals surface area contributed by atoms with Crippen LogP contribution in [-0.2, 0) is 0 Å². The number of nitrogens with zero attached hydrogens (tertiary/aromatic N) is 3. The molecule has 0 bridgehead atoms. The number of aromatic nitrogens is 3. The summed E-state index contributed by atoms with van der Waals surface area (Å²) >= 11 is 0. The summed E-state index contributed by atoms with van der Waals surface area (Å²) in [4.78, 5) is 23.9. The van der Waals surface area contributed by atoms with Crippen molar-refractivity contribution in [2.75, 3.05) is 19.0 Å². The largest absolute Gasteiger partial charge is 0.481 e. The molecule has 1 N–H and O–H groups in total. The summed E-state index contributed by atoms with van der Waals surface area (Å²) in [5, 5.41) is 2.68. The van der Waals surface area contributed by atoms with Gasteiger partial charge in [0.25, 0.3) is 5.91 Å². The first kappa shape index (κ1) is 13.7. The van der Waals surface area contributed by atoms with Gasteiger partial charge in [0.2, 0.25) is 5.88 Å². The predicted octanol–water partition coefficient (Wildman–Crippen LogP) is 1.53. The third-order valence-electron chi connectivity index (χ3n) is 2.37. The van der Waals surface area contributed by atoms with Gasteiger partial charge in [-0.15, -0.1) is 0 Å².